The van der Waals surface area contributed by atoms with Gasteiger partial charge in [-0.05, 0) is 24.2 Å². The van der Waals surface area contributed by atoms with E-state index >= 15 is 0 Å². The molecule has 0 bridgehead atoms. The van der Waals surface area contributed by atoms with Gasteiger partial charge in [0.25, 0.3) is 0 Å². The Bertz CT molecular complexity index is 457. The number of likely N-dealkylation sites (N-methyl/N-ethyl adjacent to an activating group) is 1. The zero-order valence-electron chi connectivity index (χ0n) is 8.78. The first-order valence-corrected chi connectivity index (χ1v) is 4.94. The van der Waals surface area contributed by atoms with Gasteiger partial charge in [0.15, 0.2) is 0 Å². The van der Waals surface area contributed by atoms with E-state index in [9.17, 15) is 9.59 Å². The molecule has 5 heteroatoms. The number of benzene rings is 1. The van der Waals surface area contributed by atoms with Crippen molar-refractivity contribution in [3.05, 3.63) is 29.3 Å². The lowest BCUT2D eigenvalue weighted by molar-refractivity contribution is -0.139. The molecule has 1 aliphatic heterocycles. The van der Waals surface area contributed by atoms with Gasteiger partial charge in [0, 0.05) is 5.69 Å². The lowest BCUT2D eigenvalue weighted by Gasteiger charge is -2.12. The molecule has 1 aliphatic rings. The van der Waals surface area contributed by atoms with Crippen molar-refractivity contribution in [2.75, 3.05) is 12.4 Å². The van der Waals surface area contributed by atoms with Gasteiger partial charge in [0.1, 0.15) is 6.04 Å². The van der Waals surface area contributed by atoms with Crippen molar-refractivity contribution in [3.8, 4) is 0 Å². The van der Waals surface area contributed by atoms with Crippen LogP contribution in [0.1, 0.15) is 17.2 Å². The Morgan fingerprint density at radius 3 is 2.94 bits per heavy atom. The van der Waals surface area contributed by atoms with Gasteiger partial charge in [-0.3, -0.25) is 9.59 Å². The van der Waals surface area contributed by atoms with Gasteiger partial charge in [0.05, 0.1) is 6.42 Å². The van der Waals surface area contributed by atoms with Crippen molar-refractivity contribution in [2.45, 2.75) is 12.5 Å². The molecule has 5 nitrogen and oxygen atoms in total. The van der Waals surface area contributed by atoms with Crippen LogP contribution in [0.5, 0.6) is 0 Å². The van der Waals surface area contributed by atoms with E-state index < -0.39 is 12.0 Å². The number of aliphatic carboxylic acids is 1. The normalized spacial score (nSPS) is 15.4. The number of carboxylic acid groups (broad SMARTS) is 1. The Morgan fingerprint density at radius 1 is 1.56 bits per heavy atom. The van der Waals surface area contributed by atoms with Crippen LogP contribution in [0.15, 0.2) is 18.2 Å². The summed E-state index contributed by atoms with van der Waals surface area (Å²) in [6.07, 6.45) is 0.319. The zero-order chi connectivity index (χ0) is 11.7. The quantitative estimate of drug-likeness (QED) is 0.694. The molecule has 1 heterocycles. The Hall–Kier alpha value is -1.88. The maximum Gasteiger partial charge on any atom is 0.325 e. The van der Waals surface area contributed by atoms with Crippen LogP contribution in [0.25, 0.3) is 0 Å². The smallest absolute Gasteiger partial charge is 0.325 e. The fourth-order valence-corrected chi connectivity index (χ4v) is 1.86. The number of amides is 1. The molecule has 0 fully saturated rings. The first-order valence-electron chi connectivity index (χ1n) is 4.94. The van der Waals surface area contributed by atoms with Crippen molar-refractivity contribution < 1.29 is 14.7 Å². The second-order valence-electron chi connectivity index (χ2n) is 3.70. The van der Waals surface area contributed by atoms with Crippen LogP contribution in [0, 0.1) is 0 Å². The van der Waals surface area contributed by atoms with Crippen molar-refractivity contribution in [1.82, 2.24) is 5.32 Å². The SMILES string of the molecule is CNC(C(=O)O)c1ccc2c(c1)CC(=O)N2. The minimum absolute atomic E-state index is 0.0523. The number of nitrogens with one attached hydrogen (secondary N) is 2. The van der Waals surface area contributed by atoms with E-state index in [0.29, 0.717) is 12.0 Å². The predicted octanol–water partition coefficient (Wildman–Crippen LogP) is 0.526. The highest BCUT2D eigenvalue weighted by atomic mass is 16.4. The van der Waals surface area contributed by atoms with Gasteiger partial charge in [-0.15, -0.1) is 0 Å². The van der Waals surface area contributed by atoms with Crippen LogP contribution >= 0.6 is 0 Å². The van der Waals surface area contributed by atoms with Gasteiger partial charge in [-0.25, -0.2) is 0 Å². The van der Waals surface area contributed by atoms with E-state index in [-0.39, 0.29) is 5.91 Å². The van der Waals surface area contributed by atoms with E-state index in [0.717, 1.165) is 11.3 Å². The summed E-state index contributed by atoms with van der Waals surface area (Å²) in [4.78, 5) is 22.1. The summed E-state index contributed by atoms with van der Waals surface area (Å²) < 4.78 is 0. The third-order valence-electron chi connectivity index (χ3n) is 2.62. The van der Waals surface area contributed by atoms with Gasteiger partial charge in [-0.1, -0.05) is 12.1 Å². The molecule has 3 N–H and O–H groups in total. The van der Waals surface area contributed by atoms with E-state index in [2.05, 4.69) is 10.6 Å². The maximum absolute atomic E-state index is 11.1. The molecule has 0 saturated carbocycles. The molecule has 1 amide bonds. The summed E-state index contributed by atoms with van der Waals surface area (Å²) in [5.41, 5.74) is 2.28. The summed E-state index contributed by atoms with van der Waals surface area (Å²) in [7, 11) is 1.59. The summed E-state index contributed by atoms with van der Waals surface area (Å²) in [5, 5.41) is 14.4. The molecular weight excluding hydrogens is 208 g/mol. The molecule has 1 aromatic carbocycles. The number of carboxylic acids is 1. The maximum atomic E-state index is 11.1. The molecule has 0 aromatic heterocycles. The van der Waals surface area contributed by atoms with Crippen LogP contribution in [-0.2, 0) is 16.0 Å². The Labute approximate surface area is 92.5 Å². The van der Waals surface area contributed by atoms with Crippen LogP contribution in [-0.4, -0.2) is 24.0 Å². The fraction of sp³-hybridized carbons (Fsp3) is 0.273. The number of rotatable bonds is 3. The molecule has 16 heavy (non-hydrogen) atoms. The molecule has 2 rings (SSSR count). The molecule has 0 spiro atoms. The topological polar surface area (TPSA) is 78.4 Å². The van der Waals surface area contributed by atoms with Crippen molar-refractivity contribution >= 4 is 17.6 Å². The third-order valence-corrected chi connectivity index (χ3v) is 2.62. The largest absolute Gasteiger partial charge is 0.480 e. The van der Waals surface area contributed by atoms with E-state index in [1.54, 1.807) is 25.2 Å². The highest BCUT2D eigenvalue weighted by molar-refractivity contribution is 5.99. The highest BCUT2D eigenvalue weighted by Crippen LogP contribution is 2.26. The van der Waals surface area contributed by atoms with Gasteiger partial charge in [-0.2, -0.15) is 0 Å². The number of hydrogen-bond acceptors (Lipinski definition) is 3. The first kappa shape index (κ1) is 10.6. The summed E-state index contributed by atoms with van der Waals surface area (Å²) in [6.45, 7) is 0. The first-order chi connectivity index (χ1) is 7.61. The Kier molecular flexibility index (Phi) is 2.62. The minimum atomic E-state index is -0.931. The average Bonchev–Trinajstić information content (AvgIpc) is 2.57. The lowest BCUT2D eigenvalue weighted by atomic mass is 10.0. The van der Waals surface area contributed by atoms with Crippen LogP contribution < -0.4 is 10.6 Å². The summed E-state index contributed by atoms with van der Waals surface area (Å²) in [5.74, 6) is -0.983. The van der Waals surface area contributed by atoms with Crippen LogP contribution in [0.4, 0.5) is 5.69 Å². The number of carbonyl (C=O) groups excluding carboxylic acids is 1. The van der Waals surface area contributed by atoms with Gasteiger partial charge < -0.3 is 15.7 Å². The molecule has 1 unspecified atom stereocenters. The van der Waals surface area contributed by atoms with Crippen molar-refractivity contribution in [2.24, 2.45) is 0 Å². The summed E-state index contributed by atoms with van der Waals surface area (Å²) >= 11 is 0. The number of carbonyl (C=O) groups is 2. The second kappa shape index (κ2) is 3.94. The van der Waals surface area contributed by atoms with Crippen molar-refractivity contribution in [1.29, 1.82) is 0 Å². The van der Waals surface area contributed by atoms with Crippen LogP contribution in [0.3, 0.4) is 0 Å². The predicted molar refractivity (Wildman–Crippen MR) is 58.2 cm³/mol. The molecule has 84 valence electrons. The minimum Gasteiger partial charge on any atom is -0.480 e. The van der Waals surface area contributed by atoms with E-state index in [1.165, 1.54) is 0 Å². The number of anilines is 1. The molecule has 0 saturated heterocycles. The van der Waals surface area contributed by atoms with Crippen molar-refractivity contribution in [3.63, 3.8) is 0 Å². The third kappa shape index (κ3) is 1.77. The molecule has 0 radical (unpaired) electrons. The van der Waals surface area contributed by atoms with Crippen LogP contribution in [0.2, 0.25) is 0 Å². The highest BCUT2D eigenvalue weighted by Gasteiger charge is 2.22. The van der Waals surface area contributed by atoms with E-state index in [4.69, 9.17) is 5.11 Å². The average molecular weight is 220 g/mol. The Morgan fingerprint density at radius 2 is 2.31 bits per heavy atom. The van der Waals surface area contributed by atoms with Gasteiger partial charge in [0.2, 0.25) is 5.91 Å². The number of hydrogen-bond donors (Lipinski definition) is 3. The Balaban J connectivity index is 2.35. The monoisotopic (exact) mass is 220 g/mol. The molecule has 1 aromatic rings. The summed E-state index contributed by atoms with van der Waals surface area (Å²) in [6, 6.07) is 4.46. The molecule has 0 aliphatic carbocycles. The zero-order valence-corrected chi connectivity index (χ0v) is 8.78. The lowest BCUT2D eigenvalue weighted by Crippen LogP contribution is -2.24. The number of fused-ring (bicyclic) bond motifs is 1. The second-order valence-corrected chi connectivity index (χ2v) is 3.70. The molecular formula is C11H12N2O3. The standard InChI is InChI=1S/C11H12N2O3/c1-12-10(11(15)16)6-2-3-8-7(4-6)5-9(14)13-8/h2-4,10,12H,5H2,1H3,(H,13,14)(H,15,16). The van der Waals surface area contributed by atoms with E-state index in [1.807, 2.05) is 0 Å². The fourth-order valence-electron chi connectivity index (χ4n) is 1.86. The van der Waals surface area contributed by atoms with Gasteiger partial charge >= 0.3 is 5.97 Å². The molecule has 1 atom stereocenters.